The molecule has 3 aromatic carbocycles. The lowest BCUT2D eigenvalue weighted by Gasteiger charge is -2.20. The first-order valence-corrected chi connectivity index (χ1v) is 9.53. The summed E-state index contributed by atoms with van der Waals surface area (Å²) < 4.78 is 0. The van der Waals surface area contributed by atoms with Crippen LogP contribution in [0.25, 0.3) is 0 Å². The molecule has 0 aliphatic rings. The highest BCUT2D eigenvalue weighted by Crippen LogP contribution is 2.27. The Morgan fingerprint density at radius 3 is 2.17 bits per heavy atom. The number of quaternary nitrogens is 1. The summed E-state index contributed by atoms with van der Waals surface area (Å²) in [6.45, 7) is 2.03. The Hall–Kier alpha value is -3.22. The Labute approximate surface area is 173 Å². The number of carbonyl (C=O) groups excluding carboxylic acids is 1. The third-order valence-corrected chi connectivity index (χ3v) is 4.98. The molecule has 0 aliphatic heterocycles. The van der Waals surface area contributed by atoms with Gasteiger partial charge in [-0.05, 0) is 19.1 Å². The second-order valence-corrected chi connectivity index (χ2v) is 7.10. The first-order chi connectivity index (χ1) is 14.0. The summed E-state index contributed by atoms with van der Waals surface area (Å²) in [7, 11) is 0. The van der Waals surface area contributed by atoms with E-state index in [4.69, 9.17) is 11.6 Å². The van der Waals surface area contributed by atoms with Crippen LogP contribution in [0.5, 0.6) is 0 Å². The molecular formula is C22H21ClN3O3+. The topological polar surface area (TPSA) is 88.8 Å². The number of nitro benzene ring substituents is 1. The van der Waals surface area contributed by atoms with Gasteiger partial charge in [0.25, 0.3) is 11.6 Å². The Balaban J connectivity index is 1.85. The molecule has 0 bridgehead atoms. The standard InChI is InChI=1S/C22H20ClN3O3/c1-15(16-8-4-2-5-9-16)24-21(17-10-6-3-7-11-17)22(27)25-18-12-13-19(23)20(14-18)26(28)29/h2-15,21,24H,1H3,(H,25,27)/p+1/t15-,21+/m1/s1. The van der Waals surface area contributed by atoms with Gasteiger partial charge in [-0.2, -0.15) is 0 Å². The van der Waals surface area contributed by atoms with Crippen LogP contribution in [0.15, 0.2) is 78.9 Å². The van der Waals surface area contributed by atoms with Gasteiger partial charge in [0.05, 0.1) is 4.92 Å². The summed E-state index contributed by atoms with van der Waals surface area (Å²) in [5, 5.41) is 15.9. The molecule has 29 heavy (non-hydrogen) atoms. The summed E-state index contributed by atoms with van der Waals surface area (Å²) in [6, 6.07) is 23.1. The number of benzene rings is 3. The van der Waals surface area contributed by atoms with E-state index < -0.39 is 11.0 Å². The van der Waals surface area contributed by atoms with E-state index in [1.807, 2.05) is 72.9 Å². The van der Waals surface area contributed by atoms with Crippen molar-refractivity contribution in [2.45, 2.75) is 19.0 Å². The molecule has 1 amide bonds. The Kier molecular flexibility index (Phi) is 6.59. The van der Waals surface area contributed by atoms with Crippen molar-refractivity contribution >= 4 is 28.9 Å². The fourth-order valence-electron chi connectivity index (χ4n) is 3.12. The molecule has 2 atom stereocenters. The summed E-state index contributed by atoms with van der Waals surface area (Å²) >= 11 is 5.86. The van der Waals surface area contributed by atoms with Crippen LogP contribution >= 0.6 is 11.6 Å². The van der Waals surface area contributed by atoms with Crippen molar-refractivity contribution in [2.75, 3.05) is 5.32 Å². The van der Waals surface area contributed by atoms with E-state index in [9.17, 15) is 14.9 Å². The molecule has 0 fully saturated rings. The summed E-state index contributed by atoms with van der Waals surface area (Å²) in [6.07, 6.45) is 0. The number of nitrogens with zero attached hydrogens (tertiary/aromatic N) is 1. The third kappa shape index (κ3) is 5.19. The number of halogens is 1. The number of anilines is 1. The van der Waals surface area contributed by atoms with Crippen LogP contribution in [0.4, 0.5) is 11.4 Å². The van der Waals surface area contributed by atoms with Crippen LogP contribution in [0.3, 0.4) is 0 Å². The van der Waals surface area contributed by atoms with Crippen molar-refractivity contribution in [3.05, 3.63) is 105 Å². The number of hydrogen-bond donors (Lipinski definition) is 2. The average Bonchev–Trinajstić information content (AvgIpc) is 2.74. The van der Waals surface area contributed by atoms with Gasteiger partial charge < -0.3 is 10.6 Å². The molecule has 3 aromatic rings. The highest BCUT2D eigenvalue weighted by atomic mass is 35.5. The first-order valence-electron chi connectivity index (χ1n) is 9.15. The van der Waals surface area contributed by atoms with Crippen molar-refractivity contribution in [3.8, 4) is 0 Å². The zero-order valence-corrected chi connectivity index (χ0v) is 16.5. The summed E-state index contributed by atoms with van der Waals surface area (Å²) in [5.74, 6) is -0.268. The largest absolute Gasteiger partial charge is 0.326 e. The van der Waals surface area contributed by atoms with Crippen LogP contribution in [-0.2, 0) is 4.79 Å². The van der Waals surface area contributed by atoms with Gasteiger partial charge >= 0.3 is 0 Å². The fourth-order valence-corrected chi connectivity index (χ4v) is 3.30. The minimum atomic E-state index is -0.573. The average molecular weight is 411 g/mol. The molecule has 0 radical (unpaired) electrons. The van der Waals surface area contributed by atoms with Crippen LogP contribution in [0.2, 0.25) is 5.02 Å². The zero-order valence-electron chi connectivity index (χ0n) is 15.8. The van der Waals surface area contributed by atoms with Crippen molar-refractivity contribution in [1.29, 1.82) is 0 Å². The first kappa shape index (κ1) is 20.5. The van der Waals surface area contributed by atoms with Gasteiger partial charge in [0.15, 0.2) is 6.04 Å². The molecule has 0 aromatic heterocycles. The molecule has 7 heteroatoms. The van der Waals surface area contributed by atoms with E-state index in [1.165, 1.54) is 12.1 Å². The van der Waals surface area contributed by atoms with Crippen LogP contribution in [-0.4, -0.2) is 10.8 Å². The lowest BCUT2D eigenvalue weighted by atomic mass is 10.0. The van der Waals surface area contributed by atoms with Gasteiger partial charge in [0, 0.05) is 22.9 Å². The van der Waals surface area contributed by atoms with Gasteiger partial charge in [-0.3, -0.25) is 14.9 Å². The van der Waals surface area contributed by atoms with Crippen LogP contribution in [0, 0.1) is 10.1 Å². The Morgan fingerprint density at radius 2 is 1.59 bits per heavy atom. The molecule has 0 heterocycles. The molecule has 3 rings (SSSR count). The maximum atomic E-state index is 13.1. The number of nitro groups is 1. The number of nitrogens with one attached hydrogen (secondary N) is 1. The highest BCUT2D eigenvalue weighted by molar-refractivity contribution is 6.32. The second kappa shape index (κ2) is 9.32. The minimum absolute atomic E-state index is 0.0249. The molecule has 148 valence electrons. The normalized spacial score (nSPS) is 12.8. The number of nitrogens with two attached hydrogens (primary N) is 1. The molecule has 3 N–H and O–H groups in total. The van der Waals surface area contributed by atoms with Gasteiger partial charge in [-0.15, -0.1) is 0 Å². The maximum absolute atomic E-state index is 13.1. The quantitative estimate of drug-likeness (QED) is 0.450. The van der Waals surface area contributed by atoms with E-state index in [2.05, 4.69) is 5.32 Å². The number of hydrogen-bond acceptors (Lipinski definition) is 3. The summed E-state index contributed by atoms with van der Waals surface area (Å²) in [4.78, 5) is 23.6. The van der Waals surface area contributed by atoms with E-state index in [-0.39, 0.29) is 22.7 Å². The smallest absolute Gasteiger partial charge is 0.289 e. The molecule has 0 aliphatic carbocycles. The molecule has 6 nitrogen and oxygen atoms in total. The highest BCUT2D eigenvalue weighted by Gasteiger charge is 2.27. The van der Waals surface area contributed by atoms with E-state index in [0.717, 1.165) is 11.1 Å². The lowest BCUT2D eigenvalue weighted by molar-refractivity contribution is -0.718. The molecule has 0 saturated carbocycles. The molecule has 0 saturated heterocycles. The lowest BCUT2D eigenvalue weighted by Crippen LogP contribution is -2.87. The van der Waals surface area contributed by atoms with Crippen molar-refractivity contribution in [1.82, 2.24) is 0 Å². The van der Waals surface area contributed by atoms with Crippen LogP contribution in [0.1, 0.15) is 30.1 Å². The van der Waals surface area contributed by atoms with Gasteiger partial charge in [0.2, 0.25) is 0 Å². The summed E-state index contributed by atoms with van der Waals surface area (Å²) in [5.41, 5.74) is 2.02. The predicted octanol–water partition coefficient (Wildman–Crippen LogP) is 4.25. The SMILES string of the molecule is C[C@@H]([NH2+][C@H](C(=O)Nc1ccc(Cl)c([N+](=O)[O-])c1)c1ccccc1)c1ccccc1. The monoisotopic (exact) mass is 410 g/mol. The minimum Gasteiger partial charge on any atom is -0.326 e. The van der Waals surface area contributed by atoms with E-state index >= 15 is 0 Å². The van der Waals surface area contributed by atoms with Crippen molar-refractivity contribution in [2.24, 2.45) is 0 Å². The fraction of sp³-hybridized carbons (Fsp3) is 0.136. The van der Waals surface area contributed by atoms with E-state index in [1.54, 1.807) is 6.07 Å². The Morgan fingerprint density at radius 1 is 1.00 bits per heavy atom. The third-order valence-electron chi connectivity index (χ3n) is 4.66. The van der Waals surface area contributed by atoms with Gasteiger partial charge in [0.1, 0.15) is 11.1 Å². The van der Waals surface area contributed by atoms with Crippen LogP contribution < -0.4 is 10.6 Å². The molecular weight excluding hydrogens is 390 g/mol. The maximum Gasteiger partial charge on any atom is 0.289 e. The predicted molar refractivity (Wildman–Crippen MR) is 113 cm³/mol. The van der Waals surface area contributed by atoms with Gasteiger partial charge in [-0.25, -0.2) is 0 Å². The van der Waals surface area contributed by atoms with E-state index in [0.29, 0.717) is 5.69 Å². The number of rotatable bonds is 7. The van der Waals surface area contributed by atoms with Crippen molar-refractivity contribution in [3.63, 3.8) is 0 Å². The molecule has 0 spiro atoms. The number of amides is 1. The second-order valence-electron chi connectivity index (χ2n) is 6.69. The molecule has 0 unspecified atom stereocenters. The zero-order chi connectivity index (χ0) is 20.8. The van der Waals surface area contributed by atoms with Crippen molar-refractivity contribution < 1.29 is 15.0 Å². The Bertz CT molecular complexity index is 997. The number of carbonyl (C=O) groups is 1. The van der Waals surface area contributed by atoms with Gasteiger partial charge in [-0.1, -0.05) is 72.3 Å².